The van der Waals surface area contributed by atoms with E-state index < -0.39 is 0 Å². The summed E-state index contributed by atoms with van der Waals surface area (Å²) in [5.41, 5.74) is 4.27. The highest BCUT2D eigenvalue weighted by Crippen LogP contribution is 2.31. The van der Waals surface area contributed by atoms with Gasteiger partial charge in [-0.15, -0.1) is 0 Å². The Morgan fingerprint density at radius 2 is 1.36 bits per heavy atom. The van der Waals surface area contributed by atoms with Crippen LogP contribution >= 0.6 is 0 Å². The Balaban J connectivity index is 1.31. The number of hydrogen-bond donors (Lipinski definition) is 0. The van der Waals surface area contributed by atoms with Gasteiger partial charge in [-0.3, -0.25) is 19.4 Å². The van der Waals surface area contributed by atoms with Crippen LogP contribution < -0.4 is 4.90 Å². The van der Waals surface area contributed by atoms with E-state index in [9.17, 15) is 9.59 Å². The van der Waals surface area contributed by atoms with E-state index in [-0.39, 0.29) is 30.3 Å². The van der Waals surface area contributed by atoms with Crippen LogP contribution in [0.3, 0.4) is 0 Å². The number of aryl methyl sites for hydroxylation is 1. The maximum Gasteiger partial charge on any atom is 0.251 e. The Morgan fingerprint density at radius 1 is 0.758 bits per heavy atom. The van der Waals surface area contributed by atoms with E-state index in [4.69, 9.17) is 0 Å². The van der Waals surface area contributed by atoms with Gasteiger partial charge in [-0.2, -0.15) is 0 Å². The normalized spacial score (nSPS) is 20.1. The lowest BCUT2D eigenvalue weighted by atomic mass is 9.96. The summed E-state index contributed by atoms with van der Waals surface area (Å²) in [5, 5.41) is 0. The van der Waals surface area contributed by atoms with Crippen LogP contribution in [0.5, 0.6) is 0 Å². The number of hydrogen-bond acceptors (Lipinski definition) is 4. The quantitative estimate of drug-likeness (QED) is 0.563. The van der Waals surface area contributed by atoms with Crippen LogP contribution in [0.15, 0.2) is 84.9 Å². The van der Waals surface area contributed by atoms with Crippen molar-refractivity contribution in [3.8, 4) is 0 Å². The van der Waals surface area contributed by atoms with Gasteiger partial charge in [0.15, 0.2) is 0 Å². The lowest BCUT2D eigenvalue weighted by Crippen LogP contribution is -2.53. The lowest BCUT2D eigenvalue weighted by molar-refractivity contribution is -0.123. The van der Waals surface area contributed by atoms with Crippen LogP contribution in [0.1, 0.15) is 29.2 Å². The van der Waals surface area contributed by atoms with Crippen LogP contribution in [0.25, 0.3) is 0 Å². The second-order valence-corrected chi connectivity index (χ2v) is 8.92. The van der Waals surface area contributed by atoms with Gasteiger partial charge in [0, 0.05) is 26.2 Å². The smallest absolute Gasteiger partial charge is 0.251 e. The minimum absolute atomic E-state index is 0.0956. The van der Waals surface area contributed by atoms with Crippen molar-refractivity contribution in [2.24, 2.45) is 0 Å². The second-order valence-electron chi connectivity index (χ2n) is 8.92. The highest BCUT2D eigenvalue weighted by Gasteiger charge is 2.43. The first-order valence-corrected chi connectivity index (χ1v) is 11.6. The van der Waals surface area contributed by atoms with Gasteiger partial charge >= 0.3 is 0 Å². The number of benzene rings is 3. The maximum absolute atomic E-state index is 13.2. The molecule has 2 aliphatic rings. The standard InChI is InChI=1S/C28H29N3O2/c1-21-9-8-14-24(19-21)31-26(32)20-25(28(31)33)29-15-17-30(18-16-29)27(22-10-4-2-5-11-22)23-12-6-3-7-13-23/h2-14,19,25,27H,15-18,20H2,1H3/t25-/m1/s1. The number of carbonyl (C=O) groups excluding carboxylic acids is 2. The minimum Gasteiger partial charge on any atom is -0.290 e. The van der Waals surface area contributed by atoms with Gasteiger partial charge in [0.05, 0.1) is 24.2 Å². The molecule has 0 spiro atoms. The summed E-state index contributed by atoms with van der Waals surface area (Å²) in [6, 6.07) is 28.6. The van der Waals surface area contributed by atoms with Crippen molar-refractivity contribution in [2.45, 2.75) is 25.4 Å². The van der Waals surface area contributed by atoms with Gasteiger partial charge in [0.1, 0.15) is 0 Å². The summed E-state index contributed by atoms with van der Waals surface area (Å²) in [6.07, 6.45) is 0.258. The van der Waals surface area contributed by atoms with Gasteiger partial charge in [-0.1, -0.05) is 72.8 Å². The minimum atomic E-state index is -0.368. The number of imide groups is 1. The highest BCUT2D eigenvalue weighted by atomic mass is 16.2. The third-order valence-electron chi connectivity index (χ3n) is 6.77. The predicted octanol–water partition coefficient (Wildman–Crippen LogP) is 4.03. The van der Waals surface area contributed by atoms with Crippen LogP contribution in [0.2, 0.25) is 0 Å². The molecule has 0 radical (unpaired) electrons. The Kier molecular flexibility index (Phi) is 6.07. The zero-order chi connectivity index (χ0) is 22.8. The molecule has 0 bridgehead atoms. The maximum atomic E-state index is 13.2. The average molecular weight is 440 g/mol. The first-order valence-electron chi connectivity index (χ1n) is 11.6. The Hall–Kier alpha value is -3.28. The first-order chi connectivity index (χ1) is 16.1. The fourth-order valence-corrected chi connectivity index (χ4v) is 5.13. The summed E-state index contributed by atoms with van der Waals surface area (Å²) in [5.74, 6) is -0.203. The molecular formula is C28H29N3O2. The largest absolute Gasteiger partial charge is 0.290 e. The molecule has 0 unspecified atom stereocenters. The number of carbonyl (C=O) groups is 2. The van der Waals surface area contributed by atoms with Crippen LogP contribution in [0, 0.1) is 6.92 Å². The third kappa shape index (κ3) is 4.34. The van der Waals surface area contributed by atoms with E-state index in [1.165, 1.54) is 16.0 Å². The van der Waals surface area contributed by atoms with E-state index in [2.05, 4.69) is 58.3 Å². The molecule has 2 saturated heterocycles. The highest BCUT2D eigenvalue weighted by molar-refractivity contribution is 6.22. The monoisotopic (exact) mass is 439 g/mol. The van der Waals surface area contributed by atoms with E-state index in [0.717, 1.165) is 31.7 Å². The van der Waals surface area contributed by atoms with Crippen LogP contribution in [-0.4, -0.2) is 53.8 Å². The fraction of sp³-hybridized carbons (Fsp3) is 0.286. The summed E-state index contributed by atoms with van der Waals surface area (Å²) >= 11 is 0. The molecule has 3 aromatic carbocycles. The molecule has 5 heteroatoms. The van der Waals surface area contributed by atoms with Crippen molar-refractivity contribution in [2.75, 3.05) is 31.1 Å². The number of rotatable bonds is 5. The van der Waals surface area contributed by atoms with Crippen LogP contribution in [0.4, 0.5) is 5.69 Å². The summed E-state index contributed by atoms with van der Waals surface area (Å²) in [6.45, 7) is 5.19. The van der Waals surface area contributed by atoms with Crippen molar-refractivity contribution in [3.63, 3.8) is 0 Å². The van der Waals surface area contributed by atoms with Gasteiger partial charge in [0.2, 0.25) is 5.91 Å². The first kappa shape index (κ1) is 21.6. The molecule has 2 heterocycles. The number of anilines is 1. The Bertz CT molecular complexity index is 1080. The number of piperazine rings is 1. The van der Waals surface area contributed by atoms with Gasteiger partial charge in [-0.05, 0) is 35.7 Å². The van der Waals surface area contributed by atoms with Crippen LogP contribution in [-0.2, 0) is 9.59 Å². The van der Waals surface area contributed by atoms with Gasteiger partial charge in [-0.25, -0.2) is 4.90 Å². The molecule has 33 heavy (non-hydrogen) atoms. The fourth-order valence-electron chi connectivity index (χ4n) is 5.13. The molecule has 1 atom stereocenters. The summed E-state index contributed by atoms with van der Waals surface area (Å²) in [7, 11) is 0. The van der Waals surface area contributed by atoms with E-state index in [1.807, 2.05) is 43.3 Å². The molecule has 0 aromatic heterocycles. The topological polar surface area (TPSA) is 43.9 Å². The Morgan fingerprint density at radius 3 is 1.94 bits per heavy atom. The van der Waals surface area contributed by atoms with E-state index in [1.54, 1.807) is 0 Å². The van der Waals surface area contributed by atoms with E-state index >= 15 is 0 Å². The average Bonchev–Trinajstić information content (AvgIpc) is 3.15. The molecule has 2 fully saturated rings. The Labute approximate surface area is 195 Å². The SMILES string of the molecule is Cc1cccc(N2C(=O)C[C@@H](N3CCN(C(c4ccccc4)c4ccccc4)CC3)C2=O)c1. The molecular weight excluding hydrogens is 410 g/mol. The van der Waals surface area contributed by atoms with Gasteiger partial charge < -0.3 is 0 Å². The van der Waals surface area contributed by atoms with Crippen molar-refractivity contribution in [3.05, 3.63) is 102 Å². The van der Waals surface area contributed by atoms with Crippen molar-refractivity contribution in [1.29, 1.82) is 0 Å². The lowest BCUT2D eigenvalue weighted by Gasteiger charge is -2.41. The zero-order valence-electron chi connectivity index (χ0n) is 18.9. The molecule has 0 saturated carbocycles. The summed E-state index contributed by atoms with van der Waals surface area (Å²) in [4.78, 5) is 32.1. The molecule has 2 amide bonds. The second kappa shape index (κ2) is 9.30. The molecule has 5 nitrogen and oxygen atoms in total. The van der Waals surface area contributed by atoms with E-state index in [0.29, 0.717) is 5.69 Å². The third-order valence-corrected chi connectivity index (χ3v) is 6.77. The predicted molar refractivity (Wildman–Crippen MR) is 130 cm³/mol. The molecule has 0 aliphatic carbocycles. The molecule has 2 aliphatic heterocycles. The van der Waals surface area contributed by atoms with Crippen molar-refractivity contribution < 1.29 is 9.59 Å². The summed E-state index contributed by atoms with van der Waals surface area (Å²) < 4.78 is 0. The molecule has 168 valence electrons. The van der Waals surface area contributed by atoms with Crippen molar-refractivity contribution >= 4 is 17.5 Å². The van der Waals surface area contributed by atoms with Crippen molar-refractivity contribution in [1.82, 2.24) is 9.80 Å². The molecule has 3 aromatic rings. The number of amides is 2. The number of nitrogens with zero attached hydrogens (tertiary/aromatic N) is 3. The van der Waals surface area contributed by atoms with Gasteiger partial charge in [0.25, 0.3) is 5.91 Å². The zero-order valence-corrected chi connectivity index (χ0v) is 18.9. The molecule has 0 N–H and O–H groups in total. The molecule has 5 rings (SSSR count).